The minimum atomic E-state index is -0.513. The predicted molar refractivity (Wildman–Crippen MR) is 71.6 cm³/mol. The molecule has 0 heterocycles. The highest BCUT2D eigenvalue weighted by Gasteiger charge is 2.17. The first-order chi connectivity index (χ1) is 8.58. The molecule has 0 aliphatic carbocycles. The number of benzene rings is 1. The van der Waals surface area contributed by atoms with Crippen molar-refractivity contribution in [3.63, 3.8) is 0 Å². The van der Waals surface area contributed by atoms with Gasteiger partial charge in [0.1, 0.15) is 11.6 Å². The Kier molecular flexibility index (Phi) is 6.27. The minimum Gasteiger partial charge on any atom is -0.314 e. The van der Waals surface area contributed by atoms with Gasteiger partial charge < -0.3 is 5.32 Å². The van der Waals surface area contributed by atoms with Crippen molar-refractivity contribution >= 4 is 0 Å². The number of halogens is 2. The van der Waals surface area contributed by atoms with Gasteiger partial charge in [-0.05, 0) is 43.9 Å². The zero-order chi connectivity index (χ0) is 13.5. The van der Waals surface area contributed by atoms with Crippen LogP contribution in [0.15, 0.2) is 18.2 Å². The first kappa shape index (κ1) is 15.1. The van der Waals surface area contributed by atoms with Crippen LogP contribution in [0.5, 0.6) is 0 Å². The van der Waals surface area contributed by atoms with Gasteiger partial charge in [0, 0.05) is 12.1 Å². The van der Waals surface area contributed by atoms with Crippen molar-refractivity contribution in [1.82, 2.24) is 5.32 Å². The summed E-state index contributed by atoms with van der Waals surface area (Å²) in [7, 11) is 0. The molecule has 1 N–H and O–H groups in total. The van der Waals surface area contributed by atoms with Gasteiger partial charge in [-0.1, -0.05) is 26.3 Å². The van der Waals surface area contributed by atoms with Crippen molar-refractivity contribution in [2.75, 3.05) is 6.54 Å². The van der Waals surface area contributed by atoms with Crippen molar-refractivity contribution < 1.29 is 8.78 Å². The summed E-state index contributed by atoms with van der Waals surface area (Å²) in [5, 5.41) is 3.44. The lowest BCUT2D eigenvalue weighted by atomic mass is 9.90. The summed E-state index contributed by atoms with van der Waals surface area (Å²) in [4.78, 5) is 0. The van der Waals surface area contributed by atoms with Gasteiger partial charge in [0.05, 0.1) is 0 Å². The monoisotopic (exact) mass is 255 g/mol. The van der Waals surface area contributed by atoms with Gasteiger partial charge in [-0.15, -0.1) is 0 Å². The zero-order valence-corrected chi connectivity index (χ0v) is 11.5. The first-order valence-corrected chi connectivity index (χ1v) is 6.75. The molecule has 0 saturated carbocycles. The maximum atomic E-state index is 13.6. The van der Waals surface area contributed by atoms with Crippen LogP contribution >= 0.6 is 0 Å². The quantitative estimate of drug-likeness (QED) is 0.778. The van der Waals surface area contributed by atoms with E-state index in [2.05, 4.69) is 26.1 Å². The molecule has 0 amide bonds. The van der Waals surface area contributed by atoms with Crippen LogP contribution in [0.25, 0.3) is 0 Å². The standard InChI is InChI=1S/C15H23F2N/c1-4-8-18-11(3)12(5-2)9-13-6-7-14(16)10-15(13)17/h6-7,10-12,18H,4-5,8-9H2,1-3H3. The molecule has 0 aromatic heterocycles. The molecule has 1 aromatic carbocycles. The largest absolute Gasteiger partial charge is 0.314 e. The maximum Gasteiger partial charge on any atom is 0.129 e. The van der Waals surface area contributed by atoms with E-state index in [4.69, 9.17) is 0 Å². The second-order valence-corrected chi connectivity index (χ2v) is 4.85. The van der Waals surface area contributed by atoms with Gasteiger partial charge in [0.2, 0.25) is 0 Å². The molecule has 0 aliphatic rings. The lowest BCUT2D eigenvalue weighted by Crippen LogP contribution is -2.35. The van der Waals surface area contributed by atoms with E-state index < -0.39 is 11.6 Å². The second-order valence-electron chi connectivity index (χ2n) is 4.85. The van der Waals surface area contributed by atoms with E-state index in [-0.39, 0.29) is 0 Å². The summed E-state index contributed by atoms with van der Waals surface area (Å²) in [5.41, 5.74) is 0.605. The number of rotatable bonds is 7. The van der Waals surface area contributed by atoms with Crippen molar-refractivity contribution in [3.05, 3.63) is 35.4 Å². The Morgan fingerprint density at radius 1 is 1.22 bits per heavy atom. The van der Waals surface area contributed by atoms with Gasteiger partial charge >= 0.3 is 0 Å². The van der Waals surface area contributed by atoms with E-state index in [9.17, 15) is 8.78 Å². The Labute approximate surface area is 109 Å². The number of hydrogen-bond acceptors (Lipinski definition) is 1. The van der Waals surface area contributed by atoms with Crippen LogP contribution in [-0.2, 0) is 6.42 Å². The number of nitrogens with one attached hydrogen (secondary N) is 1. The lowest BCUT2D eigenvalue weighted by molar-refractivity contribution is 0.358. The second kappa shape index (κ2) is 7.47. The molecule has 3 heteroatoms. The normalized spacial score (nSPS) is 14.5. The third kappa shape index (κ3) is 4.37. The van der Waals surface area contributed by atoms with Crippen LogP contribution in [-0.4, -0.2) is 12.6 Å². The number of hydrogen-bond donors (Lipinski definition) is 1. The van der Waals surface area contributed by atoms with E-state index >= 15 is 0 Å². The molecule has 102 valence electrons. The average molecular weight is 255 g/mol. The van der Waals surface area contributed by atoms with E-state index in [0.717, 1.165) is 25.5 Å². The third-order valence-electron chi connectivity index (χ3n) is 3.45. The van der Waals surface area contributed by atoms with Crippen molar-refractivity contribution in [1.29, 1.82) is 0 Å². The van der Waals surface area contributed by atoms with Crippen molar-refractivity contribution in [3.8, 4) is 0 Å². The van der Waals surface area contributed by atoms with E-state index in [1.54, 1.807) is 6.07 Å². The van der Waals surface area contributed by atoms with Gasteiger partial charge in [-0.3, -0.25) is 0 Å². The SMILES string of the molecule is CCCNC(C)C(CC)Cc1ccc(F)cc1F. The third-order valence-corrected chi connectivity index (χ3v) is 3.45. The van der Waals surface area contributed by atoms with E-state index in [0.29, 0.717) is 23.9 Å². The molecule has 2 atom stereocenters. The van der Waals surface area contributed by atoms with E-state index in [1.165, 1.54) is 6.07 Å². The van der Waals surface area contributed by atoms with Gasteiger partial charge in [0.15, 0.2) is 0 Å². The molecule has 0 aliphatic heterocycles. The van der Waals surface area contributed by atoms with Crippen LogP contribution in [0.4, 0.5) is 8.78 Å². The Bertz CT molecular complexity index is 366. The molecule has 18 heavy (non-hydrogen) atoms. The van der Waals surface area contributed by atoms with Crippen molar-refractivity contribution in [2.45, 2.75) is 46.1 Å². The van der Waals surface area contributed by atoms with Gasteiger partial charge in [-0.2, -0.15) is 0 Å². The molecule has 0 fully saturated rings. The molecule has 2 unspecified atom stereocenters. The highest BCUT2D eigenvalue weighted by atomic mass is 19.1. The van der Waals surface area contributed by atoms with Crippen LogP contribution in [0.1, 0.15) is 39.2 Å². The minimum absolute atomic E-state index is 0.347. The molecule has 1 nitrogen and oxygen atoms in total. The zero-order valence-electron chi connectivity index (χ0n) is 11.5. The molecular weight excluding hydrogens is 232 g/mol. The Balaban J connectivity index is 2.67. The average Bonchev–Trinajstić information content (AvgIpc) is 2.35. The predicted octanol–water partition coefficient (Wildman–Crippen LogP) is 3.92. The molecule has 0 radical (unpaired) electrons. The Hall–Kier alpha value is -0.960. The topological polar surface area (TPSA) is 12.0 Å². The molecular formula is C15H23F2N. The van der Waals surface area contributed by atoms with Crippen LogP contribution < -0.4 is 5.32 Å². The van der Waals surface area contributed by atoms with Gasteiger partial charge in [-0.25, -0.2) is 8.78 Å². The smallest absolute Gasteiger partial charge is 0.129 e. The fourth-order valence-electron chi connectivity index (χ4n) is 2.18. The van der Waals surface area contributed by atoms with Crippen LogP contribution in [0.2, 0.25) is 0 Å². The lowest BCUT2D eigenvalue weighted by Gasteiger charge is -2.24. The molecule has 0 saturated heterocycles. The molecule has 1 rings (SSSR count). The Morgan fingerprint density at radius 3 is 2.50 bits per heavy atom. The van der Waals surface area contributed by atoms with Crippen LogP contribution in [0, 0.1) is 17.6 Å². The highest BCUT2D eigenvalue weighted by molar-refractivity contribution is 5.19. The summed E-state index contributed by atoms with van der Waals surface area (Å²) in [6, 6.07) is 4.20. The summed E-state index contributed by atoms with van der Waals surface area (Å²) < 4.78 is 26.4. The summed E-state index contributed by atoms with van der Waals surface area (Å²) in [5.74, 6) is -0.575. The fraction of sp³-hybridized carbons (Fsp3) is 0.600. The van der Waals surface area contributed by atoms with Gasteiger partial charge in [0.25, 0.3) is 0 Å². The summed E-state index contributed by atoms with van der Waals surface area (Å²) in [6.07, 6.45) is 2.72. The van der Waals surface area contributed by atoms with Crippen LogP contribution in [0.3, 0.4) is 0 Å². The van der Waals surface area contributed by atoms with Crippen molar-refractivity contribution in [2.24, 2.45) is 5.92 Å². The first-order valence-electron chi connectivity index (χ1n) is 6.75. The molecule has 0 bridgehead atoms. The summed E-state index contributed by atoms with van der Waals surface area (Å²) >= 11 is 0. The molecule has 0 spiro atoms. The maximum absolute atomic E-state index is 13.6. The Morgan fingerprint density at radius 2 is 1.94 bits per heavy atom. The fourth-order valence-corrected chi connectivity index (χ4v) is 2.18. The highest BCUT2D eigenvalue weighted by Crippen LogP contribution is 2.19. The molecule has 1 aromatic rings. The summed E-state index contributed by atoms with van der Waals surface area (Å²) in [6.45, 7) is 7.34. The van der Waals surface area contributed by atoms with E-state index in [1.807, 2.05) is 0 Å².